The molecule has 0 spiro atoms. The van der Waals surface area contributed by atoms with Gasteiger partial charge in [0.05, 0.1) is 0 Å². The molecule has 0 fully saturated rings. The number of aliphatic carboxylic acids is 1. The van der Waals surface area contributed by atoms with Crippen LogP contribution in [-0.2, 0) is 17.6 Å². The number of aromatic hydroxyl groups is 2. The fraction of sp³-hybridized carbons (Fsp3) is 0.278. The summed E-state index contributed by atoms with van der Waals surface area (Å²) in [5.41, 5.74) is 2.80. The maximum absolute atomic E-state index is 11.4. The molecule has 4 N–H and O–H groups in total. The van der Waals surface area contributed by atoms with Crippen LogP contribution in [0, 0.1) is 0 Å². The van der Waals surface area contributed by atoms with Crippen molar-refractivity contribution in [2.45, 2.75) is 31.3 Å². The number of rotatable bonds is 4. The van der Waals surface area contributed by atoms with Gasteiger partial charge in [-0.3, -0.25) is 10.1 Å². The minimum Gasteiger partial charge on any atom is -0.504 e. The Labute approximate surface area is 134 Å². The normalized spacial score (nSPS) is 20.0. The fourth-order valence-electron chi connectivity index (χ4n) is 3.10. The molecule has 0 bridgehead atoms. The number of benzene rings is 2. The van der Waals surface area contributed by atoms with E-state index in [1.54, 1.807) is 0 Å². The van der Waals surface area contributed by atoms with Gasteiger partial charge in [0, 0.05) is 6.04 Å². The predicted octanol–water partition coefficient (Wildman–Crippen LogP) is 2.37. The first-order valence-corrected chi connectivity index (χ1v) is 7.62. The van der Waals surface area contributed by atoms with Crippen molar-refractivity contribution in [2.24, 2.45) is 0 Å². The molecule has 1 heterocycles. The first-order valence-electron chi connectivity index (χ1n) is 7.62. The second-order valence-corrected chi connectivity index (χ2v) is 5.88. The average molecular weight is 313 g/mol. The van der Waals surface area contributed by atoms with E-state index in [1.807, 2.05) is 30.3 Å². The second kappa shape index (κ2) is 6.30. The maximum atomic E-state index is 11.4. The first-order chi connectivity index (χ1) is 11.0. The number of fused-ring (bicyclic) bond motifs is 1. The van der Waals surface area contributed by atoms with Crippen LogP contribution < -0.4 is 5.32 Å². The highest BCUT2D eigenvalue weighted by atomic mass is 16.4. The molecule has 0 saturated carbocycles. The molecule has 0 amide bonds. The summed E-state index contributed by atoms with van der Waals surface area (Å²) in [6.45, 7) is 0. The first kappa shape index (κ1) is 15.4. The van der Waals surface area contributed by atoms with Crippen LogP contribution in [0.2, 0.25) is 0 Å². The Hall–Kier alpha value is -2.53. The van der Waals surface area contributed by atoms with E-state index in [9.17, 15) is 20.1 Å². The van der Waals surface area contributed by atoms with Gasteiger partial charge in [-0.15, -0.1) is 0 Å². The molecule has 0 aliphatic carbocycles. The summed E-state index contributed by atoms with van der Waals surface area (Å²) in [7, 11) is 0. The van der Waals surface area contributed by atoms with E-state index in [0.29, 0.717) is 12.8 Å². The van der Waals surface area contributed by atoms with Gasteiger partial charge in [0.25, 0.3) is 0 Å². The standard InChI is InChI=1S/C18H19NO4/c20-16-9-12-8-15(18(22)23)19-14(13(12)10-17(16)21)7-6-11-4-2-1-3-5-11/h1-5,9-10,14-15,19-21H,6-8H2,(H,22,23). The molecule has 3 rings (SSSR count). The maximum Gasteiger partial charge on any atom is 0.321 e. The molecule has 5 nitrogen and oxygen atoms in total. The van der Waals surface area contributed by atoms with Crippen molar-refractivity contribution < 1.29 is 20.1 Å². The molecule has 23 heavy (non-hydrogen) atoms. The van der Waals surface area contributed by atoms with Crippen molar-refractivity contribution in [1.29, 1.82) is 0 Å². The van der Waals surface area contributed by atoms with Crippen molar-refractivity contribution in [3.05, 3.63) is 59.2 Å². The Bertz CT molecular complexity index is 714. The molecule has 1 aliphatic rings. The zero-order valence-corrected chi connectivity index (χ0v) is 12.6. The van der Waals surface area contributed by atoms with Gasteiger partial charge in [-0.05, 0) is 48.1 Å². The third-order valence-corrected chi connectivity index (χ3v) is 4.30. The lowest BCUT2D eigenvalue weighted by atomic mass is 9.87. The lowest BCUT2D eigenvalue weighted by Gasteiger charge is -2.31. The largest absolute Gasteiger partial charge is 0.504 e. The molecule has 0 radical (unpaired) electrons. The van der Waals surface area contributed by atoms with Crippen molar-refractivity contribution in [2.75, 3.05) is 0 Å². The molecule has 2 aromatic carbocycles. The minimum absolute atomic E-state index is 0.174. The number of hydrogen-bond donors (Lipinski definition) is 4. The van der Waals surface area contributed by atoms with E-state index >= 15 is 0 Å². The predicted molar refractivity (Wildman–Crippen MR) is 85.5 cm³/mol. The van der Waals surface area contributed by atoms with Crippen LogP contribution in [0.5, 0.6) is 11.5 Å². The molecule has 2 atom stereocenters. The van der Waals surface area contributed by atoms with Crippen molar-refractivity contribution in [3.63, 3.8) is 0 Å². The molecule has 2 aromatic rings. The molecule has 1 aliphatic heterocycles. The number of phenolic OH excluding ortho intramolecular Hbond substituents is 2. The summed E-state index contributed by atoms with van der Waals surface area (Å²) >= 11 is 0. The van der Waals surface area contributed by atoms with Gasteiger partial charge >= 0.3 is 5.97 Å². The van der Waals surface area contributed by atoms with Crippen LogP contribution in [0.25, 0.3) is 0 Å². The van der Waals surface area contributed by atoms with Gasteiger partial charge in [-0.25, -0.2) is 0 Å². The molecule has 0 saturated heterocycles. The number of hydrogen-bond acceptors (Lipinski definition) is 4. The smallest absolute Gasteiger partial charge is 0.321 e. The van der Waals surface area contributed by atoms with Crippen molar-refractivity contribution in [3.8, 4) is 11.5 Å². The Balaban J connectivity index is 1.86. The van der Waals surface area contributed by atoms with Crippen LogP contribution in [0.4, 0.5) is 0 Å². The van der Waals surface area contributed by atoms with E-state index in [4.69, 9.17) is 0 Å². The lowest BCUT2D eigenvalue weighted by molar-refractivity contribution is -0.139. The quantitative estimate of drug-likeness (QED) is 0.651. The van der Waals surface area contributed by atoms with E-state index in [1.165, 1.54) is 17.7 Å². The number of carboxylic acids is 1. The third kappa shape index (κ3) is 3.29. The van der Waals surface area contributed by atoms with E-state index in [-0.39, 0.29) is 17.5 Å². The summed E-state index contributed by atoms with van der Waals surface area (Å²) in [6.07, 6.45) is 1.80. The lowest BCUT2D eigenvalue weighted by Crippen LogP contribution is -2.44. The van der Waals surface area contributed by atoms with Gasteiger partial charge in [-0.2, -0.15) is 0 Å². The van der Waals surface area contributed by atoms with Crippen LogP contribution in [0.3, 0.4) is 0 Å². The van der Waals surface area contributed by atoms with Gasteiger partial charge < -0.3 is 15.3 Å². The monoisotopic (exact) mass is 313 g/mol. The van der Waals surface area contributed by atoms with E-state index in [2.05, 4.69) is 5.32 Å². The summed E-state index contributed by atoms with van der Waals surface area (Å²) in [5.74, 6) is -1.30. The molecule has 5 heteroatoms. The Morgan fingerprint density at radius 3 is 2.52 bits per heavy atom. The van der Waals surface area contributed by atoms with E-state index in [0.717, 1.165) is 17.5 Å². The number of nitrogens with one attached hydrogen (secondary N) is 1. The van der Waals surface area contributed by atoms with Gasteiger partial charge in [0.2, 0.25) is 0 Å². The highest BCUT2D eigenvalue weighted by molar-refractivity contribution is 5.75. The van der Waals surface area contributed by atoms with E-state index < -0.39 is 12.0 Å². The second-order valence-electron chi connectivity index (χ2n) is 5.88. The fourth-order valence-corrected chi connectivity index (χ4v) is 3.10. The van der Waals surface area contributed by atoms with Gasteiger partial charge in [0.15, 0.2) is 11.5 Å². The number of carboxylic acid groups (broad SMARTS) is 1. The Morgan fingerprint density at radius 2 is 1.83 bits per heavy atom. The molecular formula is C18H19NO4. The van der Waals surface area contributed by atoms with Crippen LogP contribution in [0.15, 0.2) is 42.5 Å². The summed E-state index contributed by atoms with van der Waals surface area (Å²) in [6, 6.07) is 12.1. The molecule has 0 aromatic heterocycles. The third-order valence-electron chi connectivity index (χ3n) is 4.30. The van der Waals surface area contributed by atoms with Crippen LogP contribution in [-0.4, -0.2) is 27.3 Å². The summed E-state index contributed by atoms with van der Waals surface area (Å²) < 4.78 is 0. The van der Waals surface area contributed by atoms with Gasteiger partial charge in [0.1, 0.15) is 6.04 Å². The summed E-state index contributed by atoms with van der Waals surface area (Å²) in [4.78, 5) is 11.4. The topological polar surface area (TPSA) is 89.8 Å². The average Bonchev–Trinajstić information content (AvgIpc) is 2.54. The van der Waals surface area contributed by atoms with Crippen LogP contribution in [0.1, 0.15) is 29.2 Å². The minimum atomic E-state index is -0.909. The Kier molecular flexibility index (Phi) is 4.21. The summed E-state index contributed by atoms with van der Waals surface area (Å²) in [5, 5.41) is 31.9. The van der Waals surface area contributed by atoms with Crippen LogP contribution >= 0.6 is 0 Å². The highest BCUT2D eigenvalue weighted by Gasteiger charge is 2.31. The Morgan fingerprint density at radius 1 is 1.13 bits per heavy atom. The number of aryl methyl sites for hydroxylation is 1. The zero-order valence-electron chi connectivity index (χ0n) is 12.6. The molecular weight excluding hydrogens is 294 g/mol. The van der Waals surface area contributed by atoms with Crippen molar-refractivity contribution in [1.82, 2.24) is 5.32 Å². The highest BCUT2D eigenvalue weighted by Crippen LogP contribution is 2.36. The SMILES string of the molecule is O=C(O)C1Cc2cc(O)c(O)cc2C(CCc2ccccc2)N1. The number of carbonyl (C=O) groups is 1. The number of phenols is 2. The molecule has 2 unspecified atom stereocenters. The van der Waals surface area contributed by atoms with Gasteiger partial charge in [-0.1, -0.05) is 30.3 Å². The van der Waals surface area contributed by atoms with Crippen molar-refractivity contribution >= 4 is 5.97 Å². The molecule has 120 valence electrons. The zero-order chi connectivity index (χ0) is 16.4.